The van der Waals surface area contributed by atoms with Crippen LogP contribution in [-0.2, 0) is 4.79 Å². The third kappa shape index (κ3) is 2.83. The van der Waals surface area contributed by atoms with Gasteiger partial charge in [-0.2, -0.15) is 0 Å². The highest BCUT2D eigenvalue weighted by Crippen LogP contribution is 2.25. The third-order valence-corrected chi connectivity index (χ3v) is 4.29. The Morgan fingerprint density at radius 2 is 2.10 bits per heavy atom. The zero-order valence-corrected chi connectivity index (χ0v) is 11.7. The molecule has 1 aromatic carbocycles. The van der Waals surface area contributed by atoms with Crippen LogP contribution in [0.15, 0.2) is 18.2 Å². The highest BCUT2D eigenvalue weighted by atomic mass is 19.1. The first kappa shape index (κ1) is 13.5. The first-order valence-corrected chi connectivity index (χ1v) is 7.11. The van der Waals surface area contributed by atoms with Crippen molar-refractivity contribution in [3.05, 3.63) is 29.6 Å². The van der Waals surface area contributed by atoms with Crippen LogP contribution in [0.5, 0.6) is 0 Å². The Hall–Kier alpha value is -1.46. The highest BCUT2D eigenvalue weighted by Gasteiger charge is 2.36. The quantitative estimate of drug-likeness (QED) is 0.873. The maximum Gasteiger partial charge on any atom is 0.238 e. The second kappa shape index (κ2) is 5.50. The minimum absolute atomic E-state index is 0.0683. The second-order valence-corrected chi connectivity index (χ2v) is 5.88. The number of fused-ring (bicyclic) bond motifs is 1. The molecule has 1 amide bonds. The van der Waals surface area contributed by atoms with Gasteiger partial charge in [0.2, 0.25) is 5.91 Å². The van der Waals surface area contributed by atoms with Crippen molar-refractivity contribution in [1.82, 2.24) is 10.2 Å². The number of amides is 1. The number of nitrogens with one attached hydrogen (secondary N) is 2. The Morgan fingerprint density at radius 1 is 1.40 bits per heavy atom. The van der Waals surface area contributed by atoms with Crippen molar-refractivity contribution < 1.29 is 9.18 Å². The minimum Gasteiger partial charge on any atom is -0.325 e. The lowest BCUT2D eigenvalue weighted by Gasteiger charge is -2.16. The van der Waals surface area contributed by atoms with Gasteiger partial charge >= 0.3 is 0 Å². The molecule has 2 heterocycles. The predicted molar refractivity (Wildman–Crippen MR) is 76.1 cm³/mol. The van der Waals surface area contributed by atoms with Crippen molar-refractivity contribution in [2.24, 2.45) is 11.8 Å². The summed E-state index contributed by atoms with van der Waals surface area (Å²) in [7, 11) is 0. The van der Waals surface area contributed by atoms with Crippen LogP contribution in [0.3, 0.4) is 0 Å². The molecule has 0 saturated carbocycles. The molecule has 0 unspecified atom stereocenters. The molecule has 2 N–H and O–H groups in total. The van der Waals surface area contributed by atoms with Crippen LogP contribution in [0.25, 0.3) is 0 Å². The molecule has 0 aromatic heterocycles. The zero-order valence-electron chi connectivity index (χ0n) is 11.7. The first-order chi connectivity index (χ1) is 9.61. The van der Waals surface area contributed by atoms with E-state index in [2.05, 4.69) is 15.5 Å². The summed E-state index contributed by atoms with van der Waals surface area (Å²) < 4.78 is 13.4. The van der Waals surface area contributed by atoms with Crippen LogP contribution in [0.1, 0.15) is 5.56 Å². The van der Waals surface area contributed by atoms with E-state index in [1.54, 1.807) is 19.1 Å². The van der Waals surface area contributed by atoms with E-state index in [0.717, 1.165) is 26.2 Å². The van der Waals surface area contributed by atoms with Crippen LogP contribution < -0.4 is 10.6 Å². The number of nitrogens with zero attached hydrogens (tertiary/aromatic N) is 1. The van der Waals surface area contributed by atoms with Crippen molar-refractivity contribution in [1.29, 1.82) is 0 Å². The predicted octanol–water partition coefficient (Wildman–Crippen LogP) is 1.22. The van der Waals surface area contributed by atoms with Gasteiger partial charge in [0.05, 0.1) is 6.54 Å². The van der Waals surface area contributed by atoms with Crippen molar-refractivity contribution in [3.8, 4) is 0 Å². The molecule has 2 saturated heterocycles. The molecule has 2 aliphatic rings. The molecule has 0 spiro atoms. The van der Waals surface area contributed by atoms with Crippen molar-refractivity contribution in [2.75, 3.05) is 38.0 Å². The maximum atomic E-state index is 13.4. The Bertz CT molecular complexity index is 508. The lowest BCUT2D eigenvalue weighted by molar-refractivity contribution is -0.117. The fourth-order valence-electron chi connectivity index (χ4n) is 3.16. The average Bonchev–Trinajstić information content (AvgIpc) is 2.94. The SMILES string of the molecule is Cc1ccc(NC(=O)CN2C[C@H]3CNC[C@H]3C2)cc1F. The number of hydrogen-bond acceptors (Lipinski definition) is 3. The fourth-order valence-corrected chi connectivity index (χ4v) is 3.16. The molecule has 0 aliphatic carbocycles. The minimum atomic E-state index is -0.287. The molecule has 20 heavy (non-hydrogen) atoms. The highest BCUT2D eigenvalue weighted by molar-refractivity contribution is 5.92. The number of carbonyl (C=O) groups is 1. The van der Waals surface area contributed by atoms with E-state index >= 15 is 0 Å². The summed E-state index contributed by atoms with van der Waals surface area (Å²) >= 11 is 0. The summed E-state index contributed by atoms with van der Waals surface area (Å²) in [6, 6.07) is 4.78. The van der Waals surface area contributed by atoms with Gasteiger partial charge in [-0.15, -0.1) is 0 Å². The normalized spacial score (nSPS) is 25.7. The van der Waals surface area contributed by atoms with E-state index < -0.39 is 0 Å². The number of hydrogen-bond donors (Lipinski definition) is 2. The Morgan fingerprint density at radius 3 is 2.75 bits per heavy atom. The van der Waals surface area contributed by atoms with Gasteiger partial charge in [0.1, 0.15) is 5.82 Å². The van der Waals surface area contributed by atoms with E-state index in [1.807, 2.05) is 0 Å². The second-order valence-electron chi connectivity index (χ2n) is 5.88. The average molecular weight is 277 g/mol. The number of likely N-dealkylation sites (tertiary alicyclic amines) is 1. The van der Waals surface area contributed by atoms with E-state index in [1.165, 1.54) is 6.07 Å². The summed E-state index contributed by atoms with van der Waals surface area (Å²) in [4.78, 5) is 14.2. The van der Waals surface area contributed by atoms with Gasteiger partial charge in [-0.3, -0.25) is 9.69 Å². The summed E-state index contributed by atoms with van der Waals surface area (Å²) in [5.74, 6) is 1.00. The monoisotopic (exact) mass is 277 g/mol. The molecule has 2 atom stereocenters. The van der Waals surface area contributed by atoms with Gasteiger partial charge in [0, 0.05) is 18.8 Å². The third-order valence-electron chi connectivity index (χ3n) is 4.29. The molecular weight excluding hydrogens is 257 g/mol. The van der Waals surface area contributed by atoms with Gasteiger partial charge in [0.25, 0.3) is 0 Å². The van der Waals surface area contributed by atoms with Crippen molar-refractivity contribution >= 4 is 11.6 Å². The van der Waals surface area contributed by atoms with E-state index in [-0.39, 0.29) is 11.7 Å². The van der Waals surface area contributed by atoms with E-state index in [0.29, 0.717) is 29.6 Å². The van der Waals surface area contributed by atoms with Crippen LogP contribution in [0.4, 0.5) is 10.1 Å². The fraction of sp³-hybridized carbons (Fsp3) is 0.533. The van der Waals surface area contributed by atoms with E-state index in [4.69, 9.17) is 0 Å². The number of benzene rings is 1. The Kier molecular flexibility index (Phi) is 3.72. The summed E-state index contributed by atoms with van der Waals surface area (Å²) in [6.45, 7) is 6.18. The topological polar surface area (TPSA) is 44.4 Å². The molecule has 108 valence electrons. The number of anilines is 1. The molecular formula is C15H20FN3O. The first-order valence-electron chi connectivity index (χ1n) is 7.11. The molecule has 1 aromatic rings. The maximum absolute atomic E-state index is 13.4. The van der Waals surface area contributed by atoms with Crippen molar-refractivity contribution in [2.45, 2.75) is 6.92 Å². The summed E-state index contributed by atoms with van der Waals surface area (Å²) in [5, 5.41) is 6.15. The summed E-state index contributed by atoms with van der Waals surface area (Å²) in [5.41, 5.74) is 1.11. The van der Waals surface area contributed by atoms with Crippen LogP contribution >= 0.6 is 0 Å². The van der Waals surface area contributed by atoms with Crippen LogP contribution in [0, 0.1) is 24.6 Å². The van der Waals surface area contributed by atoms with Gasteiger partial charge in [-0.05, 0) is 49.5 Å². The van der Waals surface area contributed by atoms with Crippen LogP contribution in [0.2, 0.25) is 0 Å². The molecule has 2 fully saturated rings. The largest absolute Gasteiger partial charge is 0.325 e. The smallest absolute Gasteiger partial charge is 0.238 e. The molecule has 0 radical (unpaired) electrons. The number of carbonyl (C=O) groups excluding carboxylic acids is 1. The van der Waals surface area contributed by atoms with Crippen molar-refractivity contribution in [3.63, 3.8) is 0 Å². The lowest BCUT2D eigenvalue weighted by Crippen LogP contribution is -2.33. The van der Waals surface area contributed by atoms with Gasteiger partial charge < -0.3 is 10.6 Å². The van der Waals surface area contributed by atoms with Gasteiger partial charge in [-0.25, -0.2) is 4.39 Å². The van der Waals surface area contributed by atoms with Crippen LogP contribution in [-0.4, -0.2) is 43.5 Å². The molecule has 2 aliphatic heterocycles. The lowest BCUT2D eigenvalue weighted by atomic mass is 10.0. The summed E-state index contributed by atoms with van der Waals surface area (Å²) in [6.07, 6.45) is 0. The Labute approximate surface area is 118 Å². The van der Waals surface area contributed by atoms with Gasteiger partial charge in [-0.1, -0.05) is 6.07 Å². The standard InChI is InChI=1S/C15H20FN3O/c1-10-2-3-13(4-14(10)16)18-15(20)9-19-7-11-5-17-6-12(11)8-19/h2-4,11-12,17H,5-9H2,1H3,(H,18,20)/t11-,12+. The number of halogens is 1. The molecule has 3 rings (SSSR count). The number of aryl methyl sites for hydroxylation is 1. The van der Waals surface area contributed by atoms with Gasteiger partial charge in [0.15, 0.2) is 0 Å². The molecule has 0 bridgehead atoms. The zero-order chi connectivity index (χ0) is 14.1. The molecule has 4 nitrogen and oxygen atoms in total. The number of rotatable bonds is 3. The Balaban J connectivity index is 1.53. The molecule has 5 heteroatoms. The van der Waals surface area contributed by atoms with E-state index in [9.17, 15) is 9.18 Å².